The molecule has 0 unspecified atom stereocenters. The average molecular weight is 343 g/mol. The van der Waals surface area contributed by atoms with Crippen molar-refractivity contribution in [1.29, 1.82) is 0 Å². The molecule has 0 fully saturated rings. The van der Waals surface area contributed by atoms with Gasteiger partial charge in [-0.15, -0.1) is 0 Å². The Labute approximate surface area is 122 Å². The zero-order chi connectivity index (χ0) is 14.0. The second-order valence-corrected chi connectivity index (χ2v) is 5.84. The molecule has 0 radical (unpaired) electrons. The van der Waals surface area contributed by atoms with Gasteiger partial charge < -0.3 is 0 Å². The molecule has 0 bridgehead atoms. The lowest BCUT2D eigenvalue weighted by atomic mass is 10.2. The molecule has 0 aromatic heterocycles. The van der Waals surface area contributed by atoms with Crippen LogP contribution in [-0.2, 0) is 0 Å². The van der Waals surface area contributed by atoms with E-state index in [1.165, 1.54) is 6.92 Å². The van der Waals surface area contributed by atoms with E-state index in [0.29, 0.717) is 10.0 Å². The van der Waals surface area contributed by atoms with Gasteiger partial charge in [0, 0.05) is 14.9 Å². The molecule has 0 saturated heterocycles. The van der Waals surface area contributed by atoms with Gasteiger partial charge in [0.15, 0.2) is 5.78 Å². The van der Waals surface area contributed by atoms with Gasteiger partial charge in [-0.2, -0.15) is 0 Å². The number of hydrogen-bond acceptors (Lipinski definition) is 2. The van der Waals surface area contributed by atoms with Crippen LogP contribution >= 0.6 is 27.7 Å². The first-order valence-electron chi connectivity index (χ1n) is 5.41. The molecule has 0 amide bonds. The van der Waals surface area contributed by atoms with Gasteiger partial charge in [0.2, 0.25) is 0 Å². The van der Waals surface area contributed by atoms with Gasteiger partial charge >= 0.3 is 0 Å². The summed E-state index contributed by atoms with van der Waals surface area (Å²) in [7, 11) is 0. The van der Waals surface area contributed by atoms with Crippen molar-refractivity contribution >= 4 is 33.5 Å². The molecule has 0 heterocycles. The van der Waals surface area contributed by atoms with Gasteiger partial charge in [0.1, 0.15) is 11.6 Å². The molecular weight excluding hydrogens is 334 g/mol. The average Bonchev–Trinajstić information content (AvgIpc) is 2.33. The van der Waals surface area contributed by atoms with Crippen molar-refractivity contribution in [2.45, 2.75) is 16.7 Å². The van der Waals surface area contributed by atoms with Crippen molar-refractivity contribution < 1.29 is 13.6 Å². The maximum Gasteiger partial charge on any atom is 0.160 e. The second-order valence-electron chi connectivity index (χ2n) is 3.87. The number of hydrogen-bond donors (Lipinski definition) is 0. The summed E-state index contributed by atoms with van der Waals surface area (Å²) in [5.74, 6) is -1.01. The zero-order valence-corrected chi connectivity index (χ0v) is 12.3. The minimum Gasteiger partial charge on any atom is -0.294 e. The third-order valence-corrected chi connectivity index (χ3v) is 4.12. The predicted octanol–water partition coefficient (Wildman–Crippen LogP) is 5.08. The Kier molecular flexibility index (Phi) is 4.37. The highest BCUT2D eigenvalue weighted by molar-refractivity contribution is 9.10. The Morgan fingerprint density at radius 3 is 2.53 bits per heavy atom. The van der Waals surface area contributed by atoms with Crippen LogP contribution < -0.4 is 0 Å². The van der Waals surface area contributed by atoms with Crippen LogP contribution in [0.2, 0.25) is 0 Å². The molecule has 2 aromatic rings. The maximum absolute atomic E-state index is 13.5. The molecule has 0 atom stereocenters. The first-order chi connectivity index (χ1) is 8.97. The number of carbonyl (C=O) groups is 1. The van der Waals surface area contributed by atoms with Crippen LogP contribution in [0.3, 0.4) is 0 Å². The molecule has 2 rings (SSSR count). The van der Waals surface area contributed by atoms with Gasteiger partial charge in [-0.25, -0.2) is 8.78 Å². The summed E-state index contributed by atoms with van der Waals surface area (Å²) in [6.07, 6.45) is 0. The van der Waals surface area contributed by atoms with Crippen molar-refractivity contribution in [3.63, 3.8) is 0 Å². The van der Waals surface area contributed by atoms with Crippen molar-refractivity contribution in [3.8, 4) is 0 Å². The third kappa shape index (κ3) is 3.42. The quantitative estimate of drug-likeness (QED) is 0.723. The van der Waals surface area contributed by atoms with E-state index in [0.717, 1.165) is 34.9 Å². The summed E-state index contributed by atoms with van der Waals surface area (Å²) in [4.78, 5) is 12.2. The smallest absolute Gasteiger partial charge is 0.160 e. The van der Waals surface area contributed by atoms with E-state index < -0.39 is 11.6 Å². The van der Waals surface area contributed by atoms with Crippen molar-refractivity contribution in [2.24, 2.45) is 0 Å². The predicted molar refractivity (Wildman–Crippen MR) is 74.6 cm³/mol. The summed E-state index contributed by atoms with van der Waals surface area (Å²) >= 11 is 4.40. The van der Waals surface area contributed by atoms with Gasteiger partial charge in [0.05, 0.1) is 4.90 Å². The van der Waals surface area contributed by atoms with Crippen molar-refractivity contribution in [2.75, 3.05) is 0 Å². The van der Waals surface area contributed by atoms with Crippen LogP contribution in [0, 0.1) is 11.6 Å². The number of Topliss-reactive ketones (excluding diaryl/α,β-unsaturated/α-hetero) is 1. The summed E-state index contributed by atoms with van der Waals surface area (Å²) in [5, 5.41) is 0. The lowest BCUT2D eigenvalue weighted by molar-refractivity contribution is 0.101. The molecule has 0 spiro atoms. The van der Waals surface area contributed by atoms with Gasteiger partial charge in [0.25, 0.3) is 0 Å². The lowest BCUT2D eigenvalue weighted by Crippen LogP contribution is -1.93. The standard InChI is InChI=1S/C14H9BrF2OS/c1-8(18)11-4-3-10(7-12(11)15)19-14-6-9(16)2-5-13(14)17/h2-7H,1H3. The molecular formula is C14H9BrF2OS. The SMILES string of the molecule is CC(=O)c1ccc(Sc2cc(F)ccc2F)cc1Br. The van der Waals surface area contributed by atoms with E-state index in [-0.39, 0.29) is 10.7 Å². The van der Waals surface area contributed by atoms with E-state index in [4.69, 9.17) is 0 Å². The monoisotopic (exact) mass is 342 g/mol. The highest BCUT2D eigenvalue weighted by atomic mass is 79.9. The van der Waals surface area contributed by atoms with Gasteiger partial charge in [-0.1, -0.05) is 27.7 Å². The lowest BCUT2D eigenvalue weighted by Gasteiger charge is -2.06. The fourth-order valence-electron chi connectivity index (χ4n) is 1.53. The van der Waals surface area contributed by atoms with Crippen molar-refractivity contribution in [3.05, 3.63) is 58.1 Å². The summed E-state index contributed by atoms with van der Waals surface area (Å²) in [5.41, 5.74) is 0.559. The number of carbonyl (C=O) groups excluding carboxylic acids is 1. The minimum absolute atomic E-state index is 0.0552. The Morgan fingerprint density at radius 2 is 1.89 bits per heavy atom. The molecule has 98 valence electrons. The van der Waals surface area contributed by atoms with E-state index >= 15 is 0 Å². The van der Waals surface area contributed by atoms with E-state index in [1.807, 2.05) is 0 Å². The van der Waals surface area contributed by atoms with Crippen LogP contribution in [0.5, 0.6) is 0 Å². The fraction of sp³-hybridized carbons (Fsp3) is 0.0714. The van der Waals surface area contributed by atoms with Crippen LogP contribution in [0.25, 0.3) is 0 Å². The minimum atomic E-state index is -0.483. The van der Waals surface area contributed by atoms with Crippen LogP contribution in [0.4, 0.5) is 8.78 Å². The van der Waals surface area contributed by atoms with Gasteiger partial charge in [-0.3, -0.25) is 4.79 Å². The Hall–Kier alpha value is -1.20. The summed E-state index contributed by atoms with van der Waals surface area (Å²) in [6, 6.07) is 8.39. The van der Waals surface area contributed by atoms with E-state index in [9.17, 15) is 13.6 Å². The van der Waals surface area contributed by atoms with E-state index in [2.05, 4.69) is 15.9 Å². The zero-order valence-electron chi connectivity index (χ0n) is 9.91. The highest BCUT2D eigenvalue weighted by Crippen LogP contribution is 2.33. The summed E-state index contributed by atoms with van der Waals surface area (Å²) < 4.78 is 27.2. The number of halogens is 3. The van der Waals surface area contributed by atoms with Crippen LogP contribution in [-0.4, -0.2) is 5.78 Å². The normalized spacial score (nSPS) is 10.5. The number of ketones is 1. The third-order valence-electron chi connectivity index (χ3n) is 2.44. The van der Waals surface area contributed by atoms with Crippen LogP contribution in [0.1, 0.15) is 17.3 Å². The molecule has 19 heavy (non-hydrogen) atoms. The van der Waals surface area contributed by atoms with Crippen LogP contribution in [0.15, 0.2) is 50.7 Å². The Balaban J connectivity index is 2.31. The molecule has 0 aliphatic heterocycles. The molecule has 0 N–H and O–H groups in total. The molecule has 0 aliphatic rings. The topological polar surface area (TPSA) is 17.1 Å². The molecule has 0 aliphatic carbocycles. The fourth-order valence-corrected chi connectivity index (χ4v) is 3.24. The largest absolute Gasteiger partial charge is 0.294 e. The maximum atomic E-state index is 13.5. The molecule has 1 nitrogen and oxygen atoms in total. The summed E-state index contributed by atoms with van der Waals surface area (Å²) in [6.45, 7) is 1.47. The van der Waals surface area contributed by atoms with Gasteiger partial charge in [-0.05, 0) is 43.3 Å². The second kappa shape index (κ2) is 5.84. The Bertz CT molecular complexity index is 643. The number of rotatable bonds is 3. The molecule has 0 saturated carbocycles. The van der Waals surface area contributed by atoms with Crippen molar-refractivity contribution in [1.82, 2.24) is 0 Å². The first-order valence-corrected chi connectivity index (χ1v) is 7.01. The molecule has 5 heteroatoms. The number of benzene rings is 2. The first kappa shape index (κ1) is 14.2. The Morgan fingerprint density at radius 1 is 1.16 bits per heavy atom. The van der Waals surface area contributed by atoms with E-state index in [1.54, 1.807) is 18.2 Å². The molecule has 2 aromatic carbocycles. The highest BCUT2D eigenvalue weighted by Gasteiger charge is 2.09.